The number of amides is 2. The minimum Gasteiger partial charge on any atom is -0.345 e. The molecule has 9 heteroatoms. The summed E-state index contributed by atoms with van der Waals surface area (Å²) in [4.78, 5) is 25.1. The van der Waals surface area contributed by atoms with Crippen molar-refractivity contribution in [2.75, 3.05) is 5.32 Å². The average Bonchev–Trinajstić information content (AvgIpc) is 3.15. The lowest BCUT2D eigenvalue weighted by Gasteiger charge is -2.22. The summed E-state index contributed by atoms with van der Waals surface area (Å²) >= 11 is 0. The molecule has 2 N–H and O–H groups in total. The van der Waals surface area contributed by atoms with Gasteiger partial charge >= 0.3 is 11.8 Å². The van der Waals surface area contributed by atoms with Gasteiger partial charge in [0.1, 0.15) is 5.82 Å². The Morgan fingerprint density at radius 3 is 2.50 bits per heavy atom. The van der Waals surface area contributed by atoms with E-state index in [0.29, 0.717) is 11.3 Å². The third-order valence-corrected chi connectivity index (χ3v) is 7.19. The molecule has 160 valence electrons. The number of aryl methyl sites for hydroxylation is 2. The highest BCUT2D eigenvalue weighted by Crippen LogP contribution is 2.33. The number of hydrogen-bond donors (Lipinski definition) is 2. The first-order chi connectivity index (χ1) is 14.2. The second kappa shape index (κ2) is 7.86. The largest absolute Gasteiger partial charge is 0.345 e. The van der Waals surface area contributed by atoms with Crippen LogP contribution in [0.3, 0.4) is 0 Å². The Hall–Kier alpha value is -2.68. The molecule has 2 heterocycles. The second-order valence-corrected chi connectivity index (χ2v) is 10.3. The molecule has 0 unspecified atom stereocenters. The van der Waals surface area contributed by atoms with Crippen molar-refractivity contribution in [1.29, 1.82) is 0 Å². The minimum atomic E-state index is -3.31. The predicted molar refractivity (Wildman–Crippen MR) is 113 cm³/mol. The lowest BCUT2D eigenvalue weighted by atomic mass is 9.95. The Morgan fingerprint density at radius 2 is 1.80 bits per heavy atom. The summed E-state index contributed by atoms with van der Waals surface area (Å²) in [7, 11) is -3.31. The number of nitrogens with one attached hydrogen (secondary N) is 2. The van der Waals surface area contributed by atoms with Gasteiger partial charge in [0, 0.05) is 11.6 Å². The van der Waals surface area contributed by atoms with Gasteiger partial charge in [0.25, 0.3) is 0 Å². The van der Waals surface area contributed by atoms with E-state index < -0.39 is 21.7 Å². The number of rotatable bonds is 3. The van der Waals surface area contributed by atoms with Gasteiger partial charge in [-0.15, -0.1) is 0 Å². The van der Waals surface area contributed by atoms with Gasteiger partial charge in [0.05, 0.1) is 22.9 Å². The summed E-state index contributed by atoms with van der Waals surface area (Å²) in [5.74, 6) is -1.63. The summed E-state index contributed by atoms with van der Waals surface area (Å²) in [5, 5.41) is 9.90. The van der Waals surface area contributed by atoms with E-state index in [1.165, 1.54) is 0 Å². The van der Waals surface area contributed by atoms with Gasteiger partial charge in [-0.05, 0) is 38.3 Å². The van der Waals surface area contributed by atoms with E-state index in [-0.39, 0.29) is 23.4 Å². The molecule has 1 aromatic carbocycles. The van der Waals surface area contributed by atoms with Crippen molar-refractivity contribution in [2.24, 2.45) is 0 Å². The fraction of sp³-hybridized carbons (Fsp3) is 0.476. The summed E-state index contributed by atoms with van der Waals surface area (Å²) < 4.78 is 25.7. The molecule has 0 saturated heterocycles. The zero-order valence-corrected chi connectivity index (χ0v) is 18.0. The first-order valence-electron chi connectivity index (χ1n) is 10.2. The number of carbonyl (C=O) groups is 2. The summed E-state index contributed by atoms with van der Waals surface area (Å²) in [6.07, 6.45) is 4.96. The first-order valence-corrected chi connectivity index (χ1v) is 12.1. The Morgan fingerprint density at radius 1 is 1.07 bits per heavy atom. The second-order valence-electron chi connectivity index (χ2n) is 8.27. The molecule has 0 spiro atoms. The molecule has 0 atom stereocenters. The molecule has 8 nitrogen and oxygen atoms in total. The molecule has 0 radical (unpaired) electrons. The number of hydrogen-bond acceptors (Lipinski definition) is 5. The standard InChI is InChI=1S/C21H26N4O4S/c1-13-8-9-18(14(2)10-13)25-19(16-11-30(28,29)12-17(16)24-25)23-21(27)20(26)22-15-6-4-3-5-7-15/h8-10,15H,3-7,11-12H2,1-2H3,(H,22,26)(H,23,27). The van der Waals surface area contributed by atoms with Crippen molar-refractivity contribution in [3.63, 3.8) is 0 Å². The van der Waals surface area contributed by atoms with Crippen LogP contribution < -0.4 is 10.6 Å². The van der Waals surface area contributed by atoms with Crippen LogP contribution in [-0.2, 0) is 30.9 Å². The molecule has 1 aliphatic carbocycles. The number of carbonyl (C=O) groups excluding carboxylic acids is 2. The molecule has 0 bridgehead atoms. The third-order valence-electron chi connectivity index (χ3n) is 5.75. The van der Waals surface area contributed by atoms with E-state index in [1.54, 1.807) is 4.68 Å². The lowest BCUT2D eigenvalue weighted by Crippen LogP contribution is -2.42. The van der Waals surface area contributed by atoms with Gasteiger partial charge in [0.2, 0.25) is 0 Å². The maximum atomic E-state index is 12.7. The monoisotopic (exact) mass is 430 g/mol. The van der Waals surface area contributed by atoms with Gasteiger partial charge in [-0.25, -0.2) is 13.1 Å². The van der Waals surface area contributed by atoms with Crippen LogP contribution in [0.4, 0.5) is 5.82 Å². The summed E-state index contributed by atoms with van der Waals surface area (Å²) in [5.41, 5.74) is 3.61. The summed E-state index contributed by atoms with van der Waals surface area (Å²) in [6.45, 7) is 3.90. The van der Waals surface area contributed by atoms with Crippen molar-refractivity contribution < 1.29 is 18.0 Å². The van der Waals surface area contributed by atoms with Gasteiger partial charge < -0.3 is 10.6 Å². The van der Waals surface area contributed by atoms with Crippen LogP contribution in [0.1, 0.15) is 54.5 Å². The van der Waals surface area contributed by atoms with Crippen LogP contribution in [-0.4, -0.2) is 36.1 Å². The fourth-order valence-electron chi connectivity index (χ4n) is 4.25. The maximum absolute atomic E-state index is 12.7. The Kier molecular flexibility index (Phi) is 5.40. The lowest BCUT2D eigenvalue weighted by molar-refractivity contribution is -0.136. The highest BCUT2D eigenvalue weighted by atomic mass is 32.2. The van der Waals surface area contributed by atoms with Crippen LogP contribution in [0.25, 0.3) is 5.69 Å². The molecule has 2 aliphatic rings. The number of anilines is 1. The van der Waals surface area contributed by atoms with Gasteiger partial charge in [0.15, 0.2) is 9.84 Å². The molecule has 2 amide bonds. The quantitative estimate of drug-likeness (QED) is 0.726. The van der Waals surface area contributed by atoms with Crippen LogP contribution in [0.2, 0.25) is 0 Å². The van der Waals surface area contributed by atoms with Crippen LogP contribution >= 0.6 is 0 Å². The van der Waals surface area contributed by atoms with Crippen LogP contribution in [0.5, 0.6) is 0 Å². The molecule has 2 aromatic rings. The summed E-state index contributed by atoms with van der Waals surface area (Å²) in [6, 6.07) is 5.79. The van der Waals surface area contributed by atoms with Crippen molar-refractivity contribution in [3.05, 3.63) is 40.6 Å². The topological polar surface area (TPSA) is 110 Å². The van der Waals surface area contributed by atoms with E-state index in [1.807, 2.05) is 32.0 Å². The molecule has 1 aliphatic heterocycles. The number of benzene rings is 1. The highest BCUT2D eigenvalue weighted by Gasteiger charge is 2.34. The van der Waals surface area contributed by atoms with Crippen molar-refractivity contribution in [2.45, 2.75) is 63.5 Å². The highest BCUT2D eigenvalue weighted by molar-refractivity contribution is 7.90. The minimum absolute atomic E-state index is 0.00680. The zero-order valence-electron chi connectivity index (χ0n) is 17.2. The molecule has 1 aromatic heterocycles. The molecular weight excluding hydrogens is 404 g/mol. The predicted octanol–water partition coefficient (Wildman–Crippen LogP) is 2.30. The number of fused-ring (bicyclic) bond motifs is 1. The van der Waals surface area contributed by atoms with Crippen LogP contribution in [0, 0.1) is 13.8 Å². The SMILES string of the molecule is Cc1ccc(-n2nc3c(c2NC(=O)C(=O)NC2CCCCC2)CS(=O)(=O)C3)c(C)c1. The Balaban J connectivity index is 1.64. The zero-order chi connectivity index (χ0) is 21.5. The van der Waals surface area contributed by atoms with E-state index in [2.05, 4.69) is 15.7 Å². The van der Waals surface area contributed by atoms with E-state index in [4.69, 9.17) is 0 Å². The molecule has 30 heavy (non-hydrogen) atoms. The van der Waals surface area contributed by atoms with Gasteiger partial charge in [-0.2, -0.15) is 5.10 Å². The van der Waals surface area contributed by atoms with E-state index in [9.17, 15) is 18.0 Å². The third kappa shape index (κ3) is 4.12. The number of aromatic nitrogens is 2. The Bertz CT molecular complexity index is 1110. The van der Waals surface area contributed by atoms with Gasteiger partial charge in [-0.1, -0.05) is 37.0 Å². The number of nitrogens with zero attached hydrogens (tertiary/aromatic N) is 2. The van der Waals surface area contributed by atoms with Crippen molar-refractivity contribution >= 4 is 27.5 Å². The average molecular weight is 431 g/mol. The van der Waals surface area contributed by atoms with E-state index >= 15 is 0 Å². The van der Waals surface area contributed by atoms with E-state index in [0.717, 1.165) is 48.9 Å². The molecule has 1 saturated carbocycles. The molecule has 4 rings (SSSR count). The maximum Gasteiger partial charge on any atom is 0.314 e. The van der Waals surface area contributed by atoms with Crippen molar-refractivity contribution in [3.8, 4) is 5.69 Å². The fourth-order valence-corrected chi connectivity index (χ4v) is 5.74. The smallest absolute Gasteiger partial charge is 0.314 e. The van der Waals surface area contributed by atoms with Crippen molar-refractivity contribution in [1.82, 2.24) is 15.1 Å². The number of sulfone groups is 1. The first kappa shape index (κ1) is 20.6. The normalized spacial score (nSPS) is 18.1. The van der Waals surface area contributed by atoms with Crippen LogP contribution in [0.15, 0.2) is 18.2 Å². The molecular formula is C21H26N4O4S. The molecule has 1 fully saturated rings. The van der Waals surface area contributed by atoms with Gasteiger partial charge in [-0.3, -0.25) is 9.59 Å². The Labute approximate surface area is 176 Å².